The highest BCUT2D eigenvalue weighted by Crippen LogP contribution is 2.01. The van der Waals surface area contributed by atoms with Crippen molar-refractivity contribution in [2.45, 2.75) is 0 Å². The number of carbonyl (C=O) groups excluding carboxylic acids is 1. The Balaban J connectivity index is 0.000000292. The molecule has 4 heteroatoms. The smallest absolute Gasteiger partial charge is 0.413 e. The highest BCUT2D eigenvalue weighted by atomic mass is 79.9. The summed E-state index contributed by atoms with van der Waals surface area (Å²) in [5.74, 6) is 0. The van der Waals surface area contributed by atoms with Crippen LogP contribution in [-0.2, 0) is 4.74 Å². The van der Waals surface area contributed by atoms with E-state index in [9.17, 15) is 4.79 Å². The van der Waals surface area contributed by atoms with Crippen LogP contribution in [0.2, 0.25) is 0 Å². The van der Waals surface area contributed by atoms with Crippen molar-refractivity contribution >= 4 is 22.0 Å². The monoisotopic (exact) mass is 219 g/mol. The second-order valence-electron chi connectivity index (χ2n) is 1.64. The van der Waals surface area contributed by atoms with Crippen LogP contribution in [0.4, 0.5) is 4.79 Å². The first-order valence-electron chi connectivity index (χ1n) is 3.03. The molecule has 3 nitrogen and oxygen atoms in total. The van der Waals surface area contributed by atoms with Crippen LogP contribution in [0, 0.1) is 0 Å². The molecule has 0 N–H and O–H groups in total. The van der Waals surface area contributed by atoms with Gasteiger partial charge in [-0.05, 0) is 4.99 Å². The molecule has 0 aliphatic carbocycles. The van der Waals surface area contributed by atoms with E-state index in [2.05, 4.69) is 33.8 Å². The molecular weight excluding hydrogens is 210 g/mol. The maximum absolute atomic E-state index is 10.4. The molecule has 1 saturated heterocycles. The first kappa shape index (κ1) is 10.2. The third kappa shape index (κ3) is 3.83. The van der Waals surface area contributed by atoms with Gasteiger partial charge in [-0.1, -0.05) is 29.1 Å². The molecular formula is C7H10BrNO2. The molecule has 62 valence electrons. The van der Waals surface area contributed by atoms with Crippen LogP contribution in [-0.4, -0.2) is 24.1 Å². The van der Waals surface area contributed by atoms with Gasteiger partial charge in [-0.2, -0.15) is 0 Å². The van der Waals surface area contributed by atoms with Crippen molar-refractivity contribution in [2.75, 3.05) is 13.2 Å². The molecule has 1 amide bonds. The lowest BCUT2D eigenvalue weighted by atomic mass is 10.6. The van der Waals surface area contributed by atoms with Crippen molar-refractivity contribution in [1.29, 1.82) is 0 Å². The Kier molecular flexibility index (Phi) is 5.56. The zero-order chi connectivity index (χ0) is 8.69. The molecule has 1 aliphatic rings. The van der Waals surface area contributed by atoms with Crippen molar-refractivity contribution in [3.63, 3.8) is 0 Å². The van der Waals surface area contributed by atoms with E-state index in [1.807, 2.05) is 0 Å². The molecule has 0 aromatic heterocycles. The Hall–Kier alpha value is -0.770. The average Bonchev–Trinajstić information content (AvgIpc) is 2.36. The molecule has 1 heterocycles. The summed E-state index contributed by atoms with van der Waals surface area (Å²) < 4.78 is 4.57. The minimum absolute atomic E-state index is 0.292. The Bertz CT molecular complexity index is 159. The van der Waals surface area contributed by atoms with E-state index in [4.69, 9.17) is 0 Å². The van der Waals surface area contributed by atoms with Gasteiger partial charge >= 0.3 is 6.09 Å². The van der Waals surface area contributed by atoms with Crippen LogP contribution in [0.1, 0.15) is 0 Å². The second-order valence-corrected chi connectivity index (χ2v) is 2.29. The van der Waals surface area contributed by atoms with E-state index in [0.717, 1.165) is 0 Å². The molecule has 0 aromatic rings. The first-order valence-corrected chi connectivity index (χ1v) is 3.95. The Labute approximate surface area is 74.5 Å². The van der Waals surface area contributed by atoms with Crippen molar-refractivity contribution in [3.05, 3.63) is 24.3 Å². The van der Waals surface area contributed by atoms with Crippen LogP contribution >= 0.6 is 15.9 Å². The number of halogens is 1. The number of rotatable bonds is 1. The Morgan fingerprint density at radius 3 is 2.36 bits per heavy atom. The summed E-state index contributed by atoms with van der Waals surface area (Å²) >= 11 is 2.91. The summed E-state index contributed by atoms with van der Waals surface area (Å²) in [6.07, 6.45) is 1.18. The fourth-order valence-electron chi connectivity index (χ4n) is 0.571. The number of carbonyl (C=O) groups is 1. The maximum atomic E-state index is 10.4. The first-order chi connectivity index (χ1) is 5.26. The molecule has 0 bridgehead atoms. The maximum Gasteiger partial charge on any atom is 0.413 e. The molecule has 1 fully saturated rings. The third-order valence-corrected chi connectivity index (χ3v) is 1.01. The molecule has 0 unspecified atom stereocenters. The third-order valence-electron chi connectivity index (χ3n) is 1.01. The normalized spacial score (nSPS) is 14.6. The van der Waals surface area contributed by atoms with Crippen molar-refractivity contribution in [2.24, 2.45) is 0 Å². The van der Waals surface area contributed by atoms with E-state index in [1.165, 1.54) is 11.1 Å². The zero-order valence-corrected chi connectivity index (χ0v) is 7.71. The molecule has 0 atom stereocenters. The summed E-state index contributed by atoms with van der Waals surface area (Å²) in [7, 11) is 0. The van der Waals surface area contributed by atoms with Crippen molar-refractivity contribution in [3.8, 4) is 0 Å². The number of amides is 1. The molecule has 0 saturated carbocycles. The van der Waals surface area contributed by atoms with Gasteiger partial charge in [0.05, 0.1) is 6.54 Å². The summed E-state index contributed by atoms with van der Waals surface area (Å²) in [5.41, 5.74) is 0. The number of nitrogens with zero attached hydrogens (tertiary/aromatic N) is 1. The quantitative estimate of drug-likeness (QED) is 0.677. The predicted octanol–water partition coefficient (Wildman–Crippen LogP) is 2.11. The Morgan fingerprint density at radius 1 is 1.64 bits per heavy atom. The van der Waals surface area contributed by atoms with Gasteiger partial charge in [-0.25, -0.2) is 4.79 Å². The van der Waals surface area contributed by atoms with E-state index in [0.29, 0.717) is 13.2 Å². The predicted molar refractivity (Wildman–Crippen MR) is 47.4 cm³/mol. The van der Waals surface area contributed by atoms with Gasteiger partial charge in [0.2, 0.25) is 0 Å². The average molecular weight is 220 g/mol. The molecule has 0 radical (unpaired) electrons. The van der Waals surface area contributed by atoms with Crippen molar-refractivity contribution in [1.82, 2.24) is 4.90 Å². The lowest BCUT2D eigenvalue weighted by Crippen LogP contribution is -2.15. The lowest BCUT2D eigenvalue weighted by molar-refractivity contribution is 0.166. The summed E-state index contributed by atoms with van der Waals surface area (Å²) in [6.45, 7) is 7.83. The number of hydrogen-bond donors (Lipinski definition) is 0. The lowest BCUT2D eigenvalue weighted by Gasteiger charge is -2.01. The van der Waals surface area contributed by atoms with Gasteiger partial charge in [0.25, 0.3) is 0 Å². The van der Waals surface area contributed by atoms with Gasteiger partial charge in [0.1, 0.15) is 6.61 Å². The van der Waals surface area contributed by atoms with Gasteiger partial charge in [0, 0.05) is 6.20 Å². The minimum Gasteiger partial charge on any atom is -0.447 e. The van der Waals surface area contributed by atoms with Crippen LogP contribution < -0.4 is 0 Å². The SMILES string of the molecule is C=CBr.C=CN1CCOC1=O. The van der Waals surface area contributed by atoms with Gasteiger partial charge in [-0.3, -0.25) is 4.90 Å². The zero-order valence-electron chi connectivity index (χ0n) is 6.12. The summed E-state index contributed by atoms with van der Waals surface area (Å²) in [4.78, 5) is 13.4. The van der Waals surface area contributed by atoms with Gasteiger partial charge < -0.3 is 4.74 Å². The fraction of sp³-hybridized carbons (Fsp3) is 0.286. The van der Waals surface area contributed by atoms with E-state index in [-0.39, 0.29) is 6.09 Å². The largest absolute Gasteiger partial charge is 0.447 e. The fourth-order valence-corrected chi connectivity index (χ4v) is 0.571. The molecule has 1 rings (SSSR count). The summed E-state index contributed by atoms with van der Waals surface area (Å²) in [6, 6.07) is 0. The standard InChI is InChI=1S/C5H7NO2.C2H3Br/c1-2-6-3-4-8-5(6)7;1-2-3/h2H,1,3-4H2;2H,1H2. The van der Waals surface area contributed by atoms with Crippen LogP contribution in [0.15, 0.2) is 24.3 Å². The second kappa shape index (κ2) is 5.97. The van der Waals surface area contributed by atoms with Crippen LogP contribution in [0.3, 0.4) is 0 Å². The summed E-state index contributed by atoms with van der Waals surface area (Å²) in [5, 5.41) is 0. The molecule has 11 heavy (non-hydrogen) atoms. The Morgan fingerprint density at radius 2 is 2.18 bits per heavy atom. The van der Waals surface area contributed by atoms with Crippen molar-refractivity contribution < 1.29 is 9.53 Å². The van der Waals surface area contributed by atoms with E-state index < -0.39 is 0 Å². The van der Waals surface area contributed by atoms with Crippen LogP contribution in [0.25, 0.3) is 0 Å². The molecule has 0 spiro atoms. The topological polar surface area (TPSA) is 29.5 Å². The number of hydrogen-bond acceptors (Lipinski definition) is 2. The van der Waals surface area contributed by atoms with Gasteiger partial charge in [0.15, 0.2) is 0 Å². The minimum atomic E-state index is -0.292. The van der Waals surface area contributed by atoms with Crippen LogP contribution in [0.5, 0.6) is 0 Å². The van der Waals surface area contributed by atoms with E-state index >= 15 is 0 Å². The molecule has 0 aromatic carbocycles. The highest BCUT2D eigenvalue weighted by Gasteiger charge is 2.17. The molecule has 1 aliphatic heterocycles. The van der Waals surface area contributed by atoms with E-state index in [1.54, 1.807) is 4.99 Å². The van der Waals surface area contributed by atoms with Gasteiger partial charge in [-0.15, -0.1) is 0 Å². The highest BCUT2D eigenvalue weighted by molar-refractivity contribution is 9.11. The number of ether oxygens (including phenoxy) is 1. The number of cyclic esters (lactones) is 1.